The summed E-state index contributed by atoms with van der Waals surface area (Å²) in [5, 5.41) is 3.41. The van der Waals surface area contributed by atoms with E-state index in [9.17, 15) is 13.2 Å². The monoisotopic (exact) mass is 329 g/mol. The van der Waals surface area contributed by atoms with Crippen LogP contribution >= 0.6 is 34.8 Å². The molecular formula is C10H5Cl3F3N3. The molecule has 0 unspecified atom stereocenters. The molecule has 1 aromatic carbocycles. The Hall–Kier alpha value is -1.11. The number of aromatic nitrogens is 2. The van der Waals surface area contributed by atoms with Crippen molar-refractivity contribution in [1.29, 1.82) is 0 Å². The van der Waals surface area contributed by atoms with Crippen LogP contribution in [-0.4, -0.2) is 9.78 Å². The van der Waals surface area contributed by atoms with Gasteiger partial charge >= 0.3 is 6.18 Å². The van der Waals surface area contributed by atoms with Gasteiger partial charge < -0.3 is 5.73 Å². The third kappa shape index (κ3) is 2.75. The molecule has 0 aliphatic rings. The van der Waals surface area contributed by atoms with Gasteiger partial charge in [0.25, 0.3) is 0 Å². The fourth-order valence-electron chi connectivity index (χ4n) is 1.48. The van der Waals surface area contributed by atoms with Crippen molar-refractivity contribution >= 4 is 40.6 Å². The lowest BCUT2D eigenvalue weighted by molar-refractivity contribution is -0.137. The number of nitrogens with zero attached hydrogens (tertiary/aromatic N) is 2. The molecule has 102 valence electrons. The highest BCUT2D eigenvalue weighted by atomic mass is 35.5. The van der Waals surface area contributed by atoms with Crippen LogP contribution < -0.4 is 5.73 Å². The highest BCUT2D eigenvalue weighted by molar-refractivity contribution is 6.38. The maximum atomic E-state index is 12.6. The Bertz CT molecular complexity index is 614. The van der Waals surface area contributed by atoms with Crippen molar-refractivity contribution in [2.75, 3.05) is 5.73 Å². The molecule has 1 aromatic heterocycles. The predicted molar refractivity (Wildman–Crippen MR) is 68.0 cm³/mol. The molecule has 0 amide bonds. The van der Waals surface area contributed by atoms with E-state index >= 15 is 0 Å². The molecule has 3 nitrogen and oxygen atoms in total. The zero-order valence-electron chi connectivity index (χ0n) is 8.97. The highest BCUT2D eigenvalue weighted by Gasteiger charge is 2.32. The van der Waals surface area contributed by atoms with Crippen LogP contribution in [0.15, 0.2) is 18.2 Å². The normalized spacial score (nSPS) is 11.9. The van der Waals surface area contributed by atoms with Crippen LogP contribution in [0, 0.1) is 0 Å². The van der Waals surface area contributed by atoms with Crippen LogP contribution in [0.1, 0.15) is 5.56 Å². The van der Waals surface area contributed by atoms with E-state index < -0.39 is 11.7 Å². The molecule has 0 spiro atoms. The first-order valence-electron chi connectivity index (χ1n) is 4.78. The van der Waals surface area contributed by atoms with Gasteiger partial charge in [0.05, 0.1) is 15.6 Å². The van der Waals surface area contributed by atoms with E-state index in [1.807, 2.05) is 0 Å². The summed E-state index contributed by atoms with van der Waals surface area (Å²) >= 11 is 17.3. The van der Waals surface area contributed by atoms with Crippen molar-refractivity contribution < 1.29 is 13.2 Å². The van der Waals surface area contributed by atoms with Crippen molar-refractivity contribution in [2.45, 2.75) is 6.18 Å². The summed E-state index contributed by atoms with van der Waals surface area (Å²) in [6.45, 7) is 0. The van der Waals surface area contributed by atoms with E-state index in [1.165, 1.54) is 6.07 Å². The van der Waals surface area contributed by atoms with Gasteiger partial charge in [0.1, 0.15) is 11.5 Å². The van der Waals surface area contributed by atoms with Gasteiger partial charge in [-0.2, -0.15) is 18.3 Å². The van der Waals surface area contributed by atoms with Gasteiger partial charge in [-0.15, -0.1) is 0 Å². The molecule has 0 aliphatic heterocycles. The second kappa shape index (κ2) is 4.77. The topological polar surface area (TPSA) is 43.8 Å². The van der Waals surface area contributed by atoms with Gasteiger partial charge in [-0.25, -0.2) is 4.68 Å². The van der Waals surface area contributed by atoms with Gasteiger partial charge in [-0.3, -0.25) is 0 Å². The van der Waals surface area contributed by atoms with Gasteiger partial charge in [0.2, 0.25) is 0 Å². The number of anilines is 1. The van der Waals surface area contributed by atoms with E-state index in [0.717, 1.165) is 16.8 Å². The quantitative estimate of drug-likeness (QED) is 0.840. The Labute approximate surface area is 120 Å². The first-order valence-corrected chi connectivity index (χ1v) is 5.91. The molecule has 0 radical (unpaired) electrons. The number of alkyl halides is 3. The van der Waals surface area contributed by atoms with Crippen LogP contribution in [0.3, 0.4) is 0 Å². The number of hydrogen-bond donors (Lipinski definition) is 1. The summed E-state index contributed by atoms with van der Waals surface area (Å²) < 4.78 is 38.8. The van der Waals surface area contributed by atoms with E-state index in [4.69, 9.17) is 40.5 Å². The fourth-order valence-corrected chi connectivity index (χ4v) is 2.31. The molecule has 0 aliphatic carbocycles. The summed E-state index contributed by atoms with van der Waals surface area (Å²) in [4.78, 5) is 0. The van der Waals surface area contributed by atoms with Crippen LogP contribution in [0.25, 0.3) is 5.69 Å². The second-order valence-corrected chi connectivity index (χ2v) is 4.79. The number of hydrogen-bond acceptors (Lipinski definition) is 2. The molecule has 19 heavy (non-hydrogen) atoms. The molecule has 0 fully saturated rings. The molecule has 0 saturated heterocycles. The zero-order chi connectivity index (χ0) is 14.4. The fraction of sp³-hybridized carbons (Fsp3) is 0.100. The number of halogens is 6. The van der Waals surface area contributed by atoms with Crippen molar-refractivity contribution in [3.8, 4) is 5.69 Å². The summed E-state index contributed by atoms with van der Waals surface area (Å²) in [6, 6.07) is 2.82. The summed E-state index contributed by atoms with van der Waals surface area (Å²) in [6.07, 6.45) is -4.54. The standard InChI is InChI=1S/C10H5Cl3F3N3/c11-5-1-4(10(14,15)16)2-6(12)9(5)19-8(17)3-7(13)18-19/h1-3H,17H2. The largest absolute Gasteiger partial charge is 0.416 e. The Morgan fingerprint density at radius 2 is 1.58 bits per heavy atom. The minimum absolute atomic E-state index is 0.0423. The van der Waals surface area contributed by atoms with Gasteiger partial charge in [0, 0.05) is 6.07 Å². The Kier molecular flexibility index (Phi) is 3.59. The van der Waals surface area contributed by atoms with Crippen molar-refractivity contribution in [2.24, 2.45) is 0 Å². The van der Waals surface area contributed by atoms with Crippen LogP contribution in [0.2, 0.25) is 15.2 Å². The average Bonchev–Trinajstić information content (AvgIpc) is 2.55. The van der Waals surface area contributed by atoms with E-state index in [1.54, 1.807) is 0 Å². The molecule has 2 rings (SSSR count). The summed E-state index contributed by atoms with van der Waals surface area (Å²) in [5.74, 6) is 0.105. The lowest BCUT2D eigenvalue weighted by Crippen LogP contribution is -2.08. The van der Waals surface area contributed by atoms with Crippen LogP contribution in [0.4, 0.5) is 19.0 Å². The van der Waals surface area contributed by atoms with Crippen molar-refractivity contribution in [1.82, 2.24) is 9.78 Å². The number of nitrogens with two attached hydrogens (primary N) is 1. The SMILES string of the molecule is Nc1cc(Cl)nn1-c1c(Cl)cc(C(F)(F)F)cc1Cl. The molecular weight excluding hydrogens is 325 g/mol. The Balaban J connectivity index is 2.64. The number of benzene rings is 1. The first kappa shape index (κ1) is 14.3. The Morgan fingerprint density at radius 3 is 1.95 bits per heavy atom. The number of nitrogen functional groups attached to an aromatic ring is 1. The predicted octanol–water partition coefficient (Wildman–Crippen LogP) is 4.43. The Morgan fingerprint density at radius 1 is 1.05 bits per heavy atom. The lowest BCUT2D eigenvalue weighted by Gasteiger charge is -2.13. The van der Waals surface area contributed by atoms with E-state index in [-0.39, 0.29) is 26.7 Å². The van der Waals surface area contributed by atoms with E-state index in [2.05, 4.69) is 5.10 Å². The first-order chi connectivity index (χ1) is 8.70. The number of rotatable bonds is 1. The molecule has 2 N–H and O–H groups in total. The molecule has 0 saturated carbocycles. The van der Waals surface area contributed by atoms with Gasteiger partial charge in [-0.1, -0.05) is 34.8 Å². The molecule has 0 bridgehead atoms. The minimum Gasteiger partial charge on any atom is -0.384 e. The van der Waals surface area contributed by atoms with E-state index in [0.29, 0.717) is 0 Å². The third-order valence-corrected chi connectivity index (χ3v) is 3.02. The molecule has 0 atom stereocenters. The summed E-state index contributed by atoms with van der Waals surface area (Å²) in [5.41, 5.74) is 4.70. The average molecular weight is 331 g/mol. The lowest BCUT2D eigenvalue weighted by atomic mass is 10.2. The van der Waals surface area contributed by atoms with Gasteiger partial charge in [-0.05, 0) is 12.1 Å². The van der Waals surface area contributed by atoms with Crippen molar-refractivity contribution in [3.63, 3.8) is 0 Å². The zero-order valence-corrected chi connectivity index (χ0v) is 11.2. The smallest absolute Gasteiger partial charge is 0.384 e. The van der Waals surface area contributed by atoms with Gasteiger partial charge in [0.15, 0.2) is 5.15 Å². The maximum absolute atomic E-state index is 12.6. The second-order valence-electron chi connectivity index (χ2n) is 3.59. The molecule has 9 heteroatoms. The molecule has 1 heterocycles. The van der Waals surface area contributed by atoms with Crippen LogP contribution in [0.5, 0.6) is 0 Å². The highest BCUT2D eigenvalue weighted by Crippen LogP contribution is 2.38. The maximum Gasteiger partial charge on any atom is 0.416 e. The van der Waals surface area contributed by atoms with Crippen molar-refractivity contribution in [3.05, 3.63) is 39.0 Å². The minimum atomic E-state index is -4.54. The third-order valence-electron chi connectivity index (χ3n) is 2.26. The van der Waals surface area contributed by atoms with Crippen LogP contribution in [-0.2, 0) is 6.18 Å². The molecule has 2 aromatic rings. The summed E-state index contributed by atoms with van der Waals surface area (Å²) in [7, 11) is 0.